The van der Waals surface area contributed by atoms with Crippen molar-refractivity contribution in [2.24, 2.45) is 0 Å². The number of carboxylic acid groups (broad SMARTS) is 1. The van der Waals surface area contributed by atoms with E-state index in [1.807, 2.05) is 20.8 Å². The van der Waals surface area contributed by atoms with Gasteiger partial charge in [0.25, 0.3) is 0 Å². The number of aliphatic carboxylic acids is 1. The van der Waals surface area contributed by atoms with E-state index in [4.69, 9.17) is 34.7 Å². The number of nitrogens with one attached hydrogen (secondary N) is 1. The number of fused-ring (bicyclic) bond motifs is 1. The SMILES string of the molecule is COc1cc2c(c(F)c1OC)C(=N)N(CC(=O)c1cc(OCCCC#N)c(OCCCCC(=O)O)c(C(C)(C)C)c1)C2. The van der Waals surface area contributed by atoms with Crippen LogP contribution in [0.1, 0.15) is 79.9 Å². The number of ether oxygens (including phenoxy) is 4. The van der Waals surface area contributed by atoms with Crippen molar-refractivity contribution in [1.29, 1.82) is 10.7 Å². The molecule has 0 saturated carbocycles. The first-order valence-electron chi connectivity index (χ1n) is 13.8. The average Bonchev–Trinajstić information content (AvgIpc) is 3.24. The third kappa shape index (κ3) is 7.49. The van der Waals surface area contributed by atoms with E-state index in [9.17, 15) is 9.59 Å². The highest BCUT2D eigenvalue weighted by molar-refractivity contribution is 6.06. The van der Waals surface area contributed by atoms with Gasteiger partial charge in [-0.1, -0.05) is 20.8 Å². The summed E-state index contributed by atoms with van der Waals surface area (Å²) < 4.78 is 37.7. The fraction of sp³-hybridized carbons (Fsp3) is 0.484. The van der Waals surface area contributed by atoms with Gasteiger partial charge in [-0.05, 0) is 48.4 Å². The predicted molar refractivity (Wildman–Crippen MR) is 154 cm³/mol. The van der Waals surface area contributed by atoms with Gasteiger partial charge in [-0.15, -0.1) is 0 Å². The second-order valence-corrected chi connectivity index (χ2v) is 11.0. The first kappa shape index (κ1) is 32.2. The highest BCUT2D eigenvalue weighted by atomic mass is 19.1. The topological polar surface area (TPSA) is 142 Å². The molecule has 2 aromatic carbocycles. The Hall–Kier alpha value is -4.33. The molecule has 0 atom stereocenters. The number of hydrogen-bond acceptors (Lipinski definition) is 8. The minimum atomic E-state index is -0.870. The summed E-state index contributed by atoms with van der Waals surface area (Å²) in [7, 11) is 2.73. The van der Waals surface area contributed by atoms with E-state index in [1.165, 1.54) is 19.1 Å². The van der Waals surface area contributed by atoms with Crippen molar-refractivity contribution in [2.75, 3.05) is 34.0 Å². The molecule has 10 nitrogen and oxygen atoms in total. The number of carboxylic acids is 1. The van der Waals surface area contributed by atoms with Crippen LogP contribution in [0.2, 0.25) is 0 Å². The third-order valence-corrected chi connectivity index (χ3v) is 6.85. The van der Waals surface area contributed by atoms with Crippen molar-refractivity contribution >= 4 is 17.6 Å². The zero-order chi connectivity index (χ0) is 31.0. The average molecular weight is 584 g/mol. The number of carbonyl (C=O) groups is 2. The number of rotatable bonds is 15. The van der Waals surface area contributed by atoms with Crippen LogP contribution in [0, 0.1) is 22.6 Å². The molecule has 2 aromatic rings. The summed E-state index contributed by atoms with van der Waals surface area (Å²) in [6, 6.07) is 7.03. The highest BCUT2D eigenvalue weighted by Crippen LogP contribution is 2.41. The van der Waals surface area contributed by atoms with Gasteiger partial charge in [-0.25, -0.2) is 4.39 Å². The van der Waals surface area contributed by atoms with Crippen LogP contribution >= 0.6 is 0 Å². The Bertz CT molecular complexity index is 1380. The van der Waals surface area contributed by atoms with E-state index in [0.717, 1.165) is 5.56 Å². The molecule has 1 heterocycles. The molecule has 1 aliphatic heterocycles. The zero-order valence-electron chi connectivity index (χ0n) is 24.8. The van der Waals surface area contributed by atoms with Gasteiger partial charge >= 0.3 is 5.97 Å². The van der Waals surface area contributed by atoms with Crippen molar-refractivity contribution < 1.29 is 38.0 Å². The molecule has 0 saturated heterocycles. The third-order valence-electron chi connectivity index (χ3n) is 6.85. The fourth-order valence-electron chi connectivity index (χ4n) is 4.69. The molecule has 0 bridgehead atoms. The number of carbonyl (C=O) groups excluding carboxylic acids is 1. The Kier molecular flexibility index (Phi) is 10.8. The van der Waals surface area contributed by atoms with Gasteiger partial charge in [-0.3, -0.25) is 15.0 Å². The van der Waals surface area contributed by atoms with Crippen molar-refractivity contribution in [3.63, 3.8) is 0 Å². The molecule has 11 heteroatoms. The molecular formula is C31H38FN3O7. The van der Waals surface area contributed by atoms with Gasteiger partial charge in [-0.2, -0.15) is 5.26 Å². The molecule has 0 radical (unpaired) electrons. The van der Waals surface area contributed by atoms with Crippen LogP contribution in [-0.2, 0) is 16.8 Å². The van der Waals surface area contributed by atoms with Crippen molar-refractivity contribution in [3.8, 4) is 29.1 Å². The van der Waals surface area contributed by atoms with E-state index in [-0.39, 0.29) is 61.4 Å². The van der Waals surface area contributed by atoms with Crippen LogP contribution in [0.25, 0.3) is 0 Å². The predicted octanol–water partition coefficient (Wildman–Crippen LogP) is 5.48. The Labute approximate surface area is 245 Å². The first-order valence-corrected chi connectivity index (χ1v) is 13.8. The number of amidine groups is 1. The Morgan fingerprint density at radius 1 is 1.05 bits per heavy atom. The monoisotopic (exact) mass is 583 g/mol. The second kappa shape index (κ2) is 14.0. The smallest absolute Gasteiger partial charge is 0.303 e. The number of Topliss-reactive ketones (excluding diaryl/α,β-unsaturated/α-hetero) is 1. The summed E-state index contributed by atoms with van der Waals surface area (Å²) in [6.07, 6.45) is 1.81. The van der Waals surface area contributed by atoms with Crippen molar-refractivity contribution in [1.82, 2.24) is 4.90 Å². The van der Waals surface area contributed by atoms with E-state index in [0.29, 0.717) is 48.3 Å². The summed E-state index contributed by atoms with van der Waals surface area (Å²) in [6.45, 7) is 6.40. The maximum Gasteiger partial charge on any atom is 0.303 e. The quantitative estimate of drug-likeness (QED) is 0.206. The number of hydrogen-bond donors (Lipinski definition) is 2. The van der Waals surface area contributed by atoms with Gasteiger partial charge < -0.3 is 29.0 Å². The van der Waals surface area contributed by atoms with Gasteiger partial charge in [0, 0.05) is 30.5 Å². The van der Waals surface area contributed by atoms with E-state index in [2.05, 4.69) is 6.07 Å². The lowest BCUT2D eigenvalue weighted by molar-refractivity contribution is -0.137. The van der Waals surface area contributed by atoms with Gasteiger partial charge in [0.2, 0.25) is 0 Å². The zero-order valence-corrected chi connectivity index (χ0v) is 24.8. The molecular weight excluding hydrogens is 545 g/mol. The largest absolute Gasteiger partial charge is 0.493 e. The number of nitriles is 1. The molecule has 2 N–H and O–H groups in total. The lowest BCUT2D eigenvalue weighted by Crippen LogP contribution is -2.30. The molecule has 3 rings (SSSR count). The first-order chi connectivity index (χ1) is 19.9. The molecule has 1 aliphatic rings. The van der Waals surface area contributed by atoms with Crippen LogP contribution in [0.4, 0.5) is 4.39 Å². The number of methoxy groups -OCH3 is 2. The van der Waals surface area contributed by atoms with E-state index in [1.54, 1.807) is 18.2 Å². The molecule has 0 spiro atoms. The normalized spacial score (nSPS) is 12.5. The van der Waals surface area contributed by atoms with Crippen LogP contribution in [0.3, 0.4) is 0 Å². The second-order valence-electron chi connectivity index (χ2n) is 11.0. The minimum Gasteiger partial charge on any atom is -0.493 e. The molecule has 0 fully saturated rings. The summed E-state index contributed by atoms with van der Waals surface area (Å²) in [5.74, 6) is -1.07. The Morgan fingerprint density at radius 2 is 1.76 bits per heavy atom. The number of benzene rings is 2. The maximum atomic E-state index is 15.2. The lowest BCUT2D eigenvalue weighted by atomic mass is 9.84. The summed E-state index contributed by atoms with van der Waals surface area (Å²) in [5.41, 5.74) is 1.20. The Morgan fingerprint density at radius 3 is 2.38 bits per heavy atom. The summed E-state index contributed by atoms with van der Waals surface area (Å²) >= 11 is 0. The van der Waals surface area contributed by atoms with Gasteiger partial charge in [0.05, 0.1) is 45.6 Å². The van der Waals surface area contributed by atoms with Crippen LogP contribution in [0.5, 0.6) is 23.0 Å². The number of nitrogens with zero attached hydrogens (tertiary/aromatic N) is 2. The molecule has 0 aliphatic carbocycles. The Balaban J connectivity index is 1.91. The number of ketones is 1. The van der Waals surface area contributed by atoms with E-state index < -0.39 is 17.2 Å². The fourth-order valence-corrected chi connectivity index (χ4v) is 4.69. The van der Waals surface area contributed by atoms with Crippen molar-refractivity contribution in [3.05, 3.63) is 46.3 Å². The van der Waals surface area contributed by atoms with Crippen LogP contribution in [-0.4, -0.2) is 61.6 Å². The standard InChI is InChI=1S/C31H38FN3O7/c1-31(2,3)21-14-19(15-24(41-12-9-7-11-33)28(21)42-13-8-6-10-25(37)38)22(36)18-35-17-20-16-23(39-4)29(40-5)27(32)26(20)30(35)34/h14-16,34H,6-10,12-13,17-18H2,1-5H3,(H,37,38). The van der Waals surface area contributed by atoms with Crippen LogP contribution in [0.15, 0.2) is 18.2 Å². The number of unbranched alkanes of at least 4 members (excludes halogenated alkanes) is 2. The molecule has 42 heavy (non-hydrogen) atoms. The lowest BCUT2D eigenvalue weighted by Gasteiger charge is -2.26. The summed E-state index contributed by atoms with van der Waals surface area (Å²) in [4.78, 5) is 26.0. The summed E-state index contributed by atoms with van der Waals surface area (Å²) in [5, 5.41) is 26.4. The molecule has 0 amide bonds. The highest BCUT2D eigenvalue weighted by Gasteiger charge is 2.33. The van der Waals surface area contributed by atoms with Gasteiger partial charge in [0.1, 0.15) is 5.84 Å². The maximum absolute atomic E-state index is 15.2. The van der Waals surface area contributed by atoms with Crippen LogP contribution < -0.4 is 18.9 Å². The van der Waals surface area contributed by atoms with Gasteiger partial charge in [0.15, 0.2) is 34.6 Å². The van der Waals surface area contributed by atoms with E-state index >= 15 is 4.39 Å². The molecule has 226 valence electrons. The minimum absolute atomic E-state index is 0.0410. The van der Waals surface area contributed by atoms with Crippen molar-refractivity contribution in [2.45, 2.75) is 64.8 Å². The molecule has 0 unspecified atom stereocenters. The molecule has 0 aromatic heterocycles. The number of halogens is 1.